The van der Waals surface area contributed by atoms with E-state index in [1.54, 1.807) is 17.4 Å². The number of hydrogen-bond donors (Lipinski definition) is 1. The van der Waals surface area contributed by atoms with Gasteiger partial charge < -0.3 is 5.32 Å². The van der Waals surface area contributed by atoms with Crippen molar-refractivity contribution in [1.29, 1.82) is 0 Å². The minimum atomic E-state index is -3.38. The second-order valence-electron chi connectivity index (χ2n) is 5.77. The smallest absolute Gasteiger partial charge is 0.243 e. The third-order valence-corrected chi connectivity index (χ3v) is 6.35. The van der Waals surface area contributed by atoms with Gasteiger partial charge in [-0.15, -0.1) is 0 Å². The Morgan fingerprint density at radius 1 is 1.24 bits per heavy atom. The van der Waals surface area contributed by atoms with Gasteiger partial charge in [0.15, 0.2) is 0 Å². The Labute approximate surface area is 128 Å². The molecular weight excluding hydrogens is 284 g/mol. The van der Waals surface area contributed by atoms with E-state index >= 15 is 0 Å². The SMILES string of the molecule is CCc1ccc(S(=O)(=O)N(C)C2CCCC2)cc1CNC. The van der Waals surface area contributed by atoms with E-state index in [1.165, 1.54) is 5.56 Å². The van der Waals surface area contributed by atoms with Gasteiger partial charge in [0.25, 0.3) is 0 Å². The van der Waals surface area contributed by atoms with Gasteiger partial charge >= 0.3 is 0 Å². The fraction of sp³-hybridized carbons (Fsp3) is 0.625. The fourth-order valence-electron chi connectivity index (χ4n) is 3.09. The summed E-state index contributed by atoms with van der Waals surface area (Å²) < 4.78 is 27.1. The summed E-state index contributed by atoms with van der Waals surface area (Å²) in [6.07, 6.45) is 5.13. The summed E-state index contributed by atoms with van der Waals surface area (Å²) in [7, 11) is 0.217. The first-order valence-electron chi connectivity index (χ1n) is 7.75. The van der Waals surface area contributed by atoms with Crippen LogP contribution < -0.4 is 5.32 Å². The Morgan fingerprint density at radius 3 is 2.48 bits per heavy atom. The summed E-state index contributed by atoms with van der Waals surface area (Å²) in [5.74, 6) is 0. The first kappa shape index (κ1) is 16.5. The normalized spacial score (nSPS) is 16.8. The highest BCUT2D eigenvalue weighted by Crippen LogP contribution is 2.28. The van der Waals surface area contributed by atoms with Crippen LogP contribution in [0, 0.1) is 0 Å². The predicted molar refractivity (Wildman–Crippen MR) is 85.8 cm³/mol. The minimum absolute atomic E-state index is 0.161. The minimum Gasteiger partial charge on any atom is -0.316 e. The van der Waals surface area contributed by atoms with Crippen LogP contribution in [0.5, 0.6) is 0 Å². The molecule has 0 aliphatic heterocycles. The predicted octanol–water partition coefficient (Wildman–Crippen LogP) is 2.53. The number of sulfonamides is 1. The van der Waals surface area contributed by atoms with E-state index in [4.69, 9.17) is 0 Å². The zero-order valence-corrected chi connectivity index (χ0v) is 14.0. The molecule has 5 heteroatoms. The lowest BCUT2D eigenvalue weighted by Gasteiger charge is -2.24. The summed E-state index contributed by atoms with van der Waals surface area (Å²) >= 11 is 0. The zero-order valence-electron chi connectivity index (χ0n) is 13.2. The zero-order chi connectivity index (χ0) is 15.5. The molecule has 0 saturated heterocycles. The molecule has 1 fully saturated rings. The summed E-state index contributed by atoms with van der Waals surface area (Å²) in [5, 5.41) is 3.11. The number of hydrogen-bond acceptors (Lipinski definition) is 3. The van der Waals surface area contributed by atoms with Crippen LogP contribution in [0.25, 0.3) is 0 Å². The quantitative estimate of drug-likeness (QED) is 0.878. The summed E-state index contributed by atoms with van der Waals surface area (Å²) in [6.45, 7) is 2.78. The van der Waals surface area contributed by atoms with E-state index in [0.29, 0.717) is 11.4 Å². The highest BCUT2D eigenvalue weighted by Gasteiger charge is 2.30. The van der Waals surface area contributed by atoms with Crippen molar-refractivity contribution >= 4 is 10.0 Å². The average Bonchev–Trinajstić information content (AvgIpc) is 3.00. The number of rotatable bonds is 6. The Kier molecular flexibility index (Phi) is 5.41. The first-order chi connectivity index (χ1) is 10.0. The summed E-state index contributed by atoms with van der Waals surface area (Å²) in [5.41, 5.74) is 2.27. The molecule has 0 atom stereocenters. The van der Waals surface area contributed by atoms with Gasteiger partial charge in [0.05, 0.1) is 4.90 Å². The maximum atomic E-state index is 12.8. The fourth-order valence-corrected chi connectivity index (χ4v) is 4.56. The van der Waals surface area contributed by atoms with Gasteiger partial charge in [0, 0.05) is 19.6 Å². The van der Waals surface area contributed by atoms with Crippen molar-refractivity contribution in [2.24, 2.45) is 0 Å². The van der Waals surface area contributed by atoms with Crippen molar-refractivity contribution in [3.8, 4) is 0 Å². The van der Waals surface area contributed by atoms with E-state index in [9.17, 15) is 8.42 Å². The molecule has 0 spiro atoms. The largest absolute Gasteiger partial charge is 0.316 e. The molecule has 0 heterocycles. The maximum absolute atomic E-state index is 12.8. The lowest BCUT2D eigenvalue weighted by Crippen LogP contribution is -2.35. The molecule has 1 saturated carbocycles. The summed E-state index contributed by atoms with van der Waals surface area (Å²) in [6, 6.07) is 5.69. The topological polar surface area (TPSA) is 49.4 Å². The van der Waals surface area contributed by atoms with Crippen molar-refractivity contribution < 1.29 is 8.42 Å². The number of benzene rings is 1. The molecule has 1 aromatic carbocycles. The molecule has 1 aromatic rings. The number of aryl methyl sites for hydroxylation is 1. The average molecular weight is 310 g/mol. The van der Waals surface area contributed by atoms with E-state index in [0.717, 1.165) is 37.7 Å². The van der Waals surface area contributed by atoms with E-state index < -0.39 is 10.0 Å². The Morgan fingerprint density at radius 2 is 1.90 bits per heavy atom. The van der Waals surface area contributed by atoms with Crippen LogP contribution >= 0.6 is 0 Å². The van der Waals surface area contributed by atoms with Gasteiger partial charge in [-0.2, -0.15) is 4.31 Å². The van der Waals surface area contributed by atoms with Crippen molar-refractivity contribution in [3.63, 3.8) is 0 Å². The van der Waals surface area contributed by atoms with Crippen molar-refractivity contribution in [2.75, 3.05) is 14.1 Å². The van der Waals surface area contributed by atoms with Crippen LogP contribution in [0.2, 0.25) is 0 Å². The van der Waals surface area contributed by atoms with E-state index in [1.807, 2.05) is 19.2 Å². The molecule has 21 heavy (non-hydrogen) atoms. The molecule has 2 rings (SSSR count). The Balaban J connectivity index is 2.32. The molecule has 0 amide bonds. The lowest BCUT2D eigenvalue weighted by atomic mass is 10.1. The van der Waals surface area contributed by atoms with Gasteiger partial charge in [-0.05, 0) is 49.6 Å². The monoisotopic (exact) mass is 310 g/mol. The summed E-state index contributed by atoms with van der Waals surface area (Å²) in [4.78, 5) is 0.416. The molecule has 1 N–H and O–H groups in total. The van der Waals surface area contributed by atoms with Crippen molar-refractivity contribution in [2.45, 2.75) is 56.5 Å². The van der Waals surface area contributed by atoms with Crippen LogP contribution in [0.1, 0.15) is 43.7 Å². The molecule has 4 nitrogen and oxygen atoms in total. The third-order valence-electron chi connectivity index (χ3n) is 4.44. The maximum Gasteiger partial charge on any atom is 0.243 e. The Hall–Kier alpha value is -0.910. The van der Waals surface area contributed by atoms with Crippen LogP contribution in [-0.2, 0) is 23.0 Å². The molecule has 118 valence electrons. The molecule has 0 unspecified atom stereocenters. The molecule has 0 aromatic heterocycles. The molecule has 0 bridgehead atoms. The van der Waals surface area contributed by atoms with Gasteiger partial charge in [0.2, 0.25) is 10.0 Å². The first-order valence-corrected chi connectivity index (χ1v) is 9.19. The van der Waals surface area contributed by atoms with E-state index in [-0.39, 0.29) is 6.04 Å². The molecule has 1 aliphatic rings. The van der Waals surface area contributed by atoms with Gasteiger partial charge in [-0.25, -0.2) is 8.42 Å². The highest BCUT2D eigenvalue weighted by atomic mass is 32.2. The van der Waals surface area contributed by atoms with Crippen LogP contribution in [0.3, 0.4) is 0 Å². The molecule has 0 radical (unpaired) electrons. The Bertz CT molecular complexity index is 578. The van der Waals surface area contributed by atoms with Crippen molar-refractivity contribution in [3.05, 3.63) is 29.3 Å². The van der Waals surface area contributed by atoms with Crippen LogP contribution in [-0.4, -0.2) is 32.9 Å². The van der Waals surface area contributed by atoms with Crippen LogP contribution in [0.4, 0.5) is 0 Å². The molecular formula is C16H26N2O2S. The number of nitrogens with one attached hydrogen (secondary N) is 1. The van der Waals surface area contributed by atoms with Crippen molar-refractivity contribution in [1.82, 2.24) is 9.62 Å². The molecule has 1 aliphatic carbocycles. The van der Waals surface area contributed by atoms with Gasteiger partial charge in [-0.1, -0.05) is 25.8 Å². The number of nitrogens with zero attached hydrogens (tertiary/aromatic N) is 1. The second kappa shape index (κ2) is 6.90. The lowest BCUT2D eigenvalue weighted by molar-refractivity contribution is 0.373. The standard InChI is InChI=1S/C16H26N2O2S/c1-4-13-9-10-16(11-14(13)12-17-2)21(19,20)18(3)15-7-5-6-8-15/h9-11,15,17H,4-8,12H2,1-3H3. The highest BCUT2D eigenvalue weighted by molar-refractivity contribution is 7.89. The van der Waals surface area contributed by atoms with E-state index in [2.05, 4.69) is 12.2 Å². The van der Waals surface area contributed by atoms with Gasteiger partial charge in [0.1, 0.15) is 0 Å². The van der Waals surface area contributed by atoms with Crippen LogP contribution in [0.15, 0.2) is 23.1 Å². The second-order valence-corrected chi connectivity index (χ2v) is 7.77. The third kappa shape index (κ3) is 3.47. The van der Waals surface area contributed by atoms with Gasteiger partial charge in [-0.3, -0.25) is 0 Å².